The van der Waals surface area contributed by atoms with Crippen LogP contribution in [-0.4, -0.2) is 48.2 Å². The van der Waals surface area contributed by atoms with E-state index < -0.39 is 29.9 Å². The second-order valence-electron chi connectivity index (χ2n) is 7.80. The van der Waals surface area contributed by atoms with Gasteiger partial charge in [0.2, 0.25) is 0 Å². The molecule has 1 amide bonds. The Morgan fingerprint density at radius 1 is 1.06 bits per heavy atom. The number of carbonyl (C=O) groups excluding carboxylic acids is 4. The Morgan fingerprint density at radius 2 is 1.81 bits per heavy atom. The number of hydrogen-bond donors (Lipinski definition) is 0. The highest BCUT2D eigenvalue weighted by Gasteiger charge is 2.51. The topological polar surface area (TPSA) is 90.0 Å². The summed E-state index contributed by atoms with van der Waals surface area (Å²) in [5.41, 5.74) is 2.19. The van der Waals surface area contributed by atoms with Gasteiger partial charge in [-0.05, 0) is 25.5 Å². The number of amides is 1. The molecule has 7 heteroatoms. The molecule has 0 saturated carbocycles. The van der Waals surface area contributed by atoms with E-state index >= 15 is 0 Å². The molecule has 168 valence electrons. The molecule has 32 heavy (non-hydrogen) atoms. The summed E-state index contributed by atoms with van der Waals surface area (Å²) in [6.07, 6.45) is -0.0947. The lowest BCUT2D eigenvalue weighted by Crippen LogP contribution is -2.44. The zero-order valence-electron chi connectivity index (χ0n) is 18.2. The van der Waals surface area contributed by atoms with Crippen molar-refractivity contribution < 1.29 is 28.7 Å². The van der Waals surface area contributed by atoms with Gasteiger partial charge in [0, 0.05) is 30.4 Å². The van der Waals surface area contributed by atoms with Gasteiger partial charge < -0.3 is 14.3 Å². The molecule has 2 aromatic carbocycles. The third kappa shape index (κ3) is 5.22. The molecule has 7 nitrogen and oxygen atoms in total. The van der Waals surface area contributed by atoms with E-state index in [0.717, 1.165) is 11.1 Å². The number of benzene rings is 2. The van der Waals surface area contributed by atoms with Crippen molar-refractivity contribution in [2.24, 2.45) is 11.8 Å². The summed E-state index contributed by atoms with van der Waals surface area (Å²) >= 11 is 0. The maximum atomic E-state index is 13.3. The normalized spacial score (nSPS) is 19.9. The standard InChI is InChI=1S/C25H27NO6/c1-3-31-24(29)22-20(12-13-27)21(23(28)19-11-7-8-17(2)14-19)15-26(22)25(30)32-16-18-9-5-4-6-10-18/h4-11,13-14,20-22H,3,12,15-16H2,1-2H3/t20-,21-,22-/m0/s1. The monoisotopic (exact) mass is 437 g/mol. The average Bonchev–Trinajstić information content (AvgIpc) is 3.17. The molecule has 1 heterocycles. The van der Waals surface area contributed by atoms with Gasteiger partial charge in [0.05, 0.1) is 6.61 Å². The summed E-state index contributed by atoms with van der Waals surface area (Å²) in [5, 5.41) is 0. The Hall–Kier alpha value is -3.48. The molecule has 1 aliphatic heterocycles. The first-order valence-electron chi connectivity index (χ1n) is 10.6. The first-order valence-corrected chi connectivity index (χ1v) is 10.6. The van der Waals surface area contributed by atoms with E-state index in [9.17, 15) is 19.2 Å². The van der Waals surface area contributed by atoms with Gasteiger partial charge in [-0.1, -0.05) is 54.1 Å². The lowest BCUT2D eigenvalue weighted by molar-refractivity contribution is -0.149. The number of ketones is 1. The summed E-state index contributed by atoms with van der Waals surface area (Å²) in [4.78, 5) is 51.7. The SMILES string of the molecule is CCOC(=O)[C@@H]1[C@@H](CC=O)[C@@H](C(=O)c2cccc(C)c2)CN1C(=O)OCc1ccccc1. The van der Waals surface area contributed by atoms with Gasteiger partial charge in [0.25, 0.3) is 0 Å². The number of carbonyl (C=O) groups is 4. The minimum Gasteiger partial charge on any atom is -0.464 e. The van der Waals surface area contributed by atoms with Crippen LogP contribution in [0.5, 0.6) is 0 Å². The Morgan fingerprint density at radius 3 is 2.47 bits per heavy atom. The van der Waals surface area contributed by atoms with Gasteiger partial charge in [-0.2, -0.15) is 0 Å². The fourth-order valence-electron chi connectivity index (χ4n) is 4.13. The highest BCUT2D eigenvalue weighted by atomic mass is 16.6. The second-order valence-corrected chi connectivity index (χ2v) is 7.80. The summed E-state index contributed by atoms with van der Waals surface area (Å²) < 4.78 is 10.6. The number of aryl methyl sites for hydroxylation is 1. The summed E-state index contributed by atoms with van der Waals surface area (Å²) in [6, 6.07) is 15.2. The molecule has 0 bridgehead atoms. The molecule has 0 unspecified atom stereocenters. The summed E-state index contributed by atoms with van der Waals surface area (Å²) in [7, 11) is 0. The van der Waals surface area contributed by atoms with Crippen LogP contribution in [0, 0.1) is 18.8 Å². The summed E-state index contributed by atoms with van der Waals surface area (Å²) in [5.74, 6) is -2.27. The minimum atomic E-state index is -1.07. The van der Waals surface area contributed by atoms with E-state index in [4.69, 9.17) is 9.47 Å². The van der Waals surface area contributed by atoms with Crippen molar-refractivity contribution in [2.75, 3.05) is 13.2 Å². The van der Waals surface area contributed by atoms with Crippen molar-refractivity contribution in [3.8, 4) is 0 Å². The van der Waals surface area contributed by atoms with Crippen LogP contribution < -0.4 is 0 Å². The van der Waals surface area contributed by atoms with Crippen LogP contribution >= 0.6 is 0 Å². The molecule has 0 radical (unpaired) electrons. The Kier molecular flexibility index (Phi) is 7.76. The Bertz CT molecular complexity index is 973. The van der Waals surface area contributed by atoms with Gasteiger partial charge in [-0.3, -0.25) is 9.69 Å². The van der Waals surface area contributed by atoms with Crippen LogP contribution in [0.25, 0.3) is 0 Å². The molecule has 0 spiro atoms. The third-order valence-corrected chi connectivity index (χ3v) is 5.63. The van der Waals surface area contributed by atoms with Crippen molar-refractivity contribution >= 4 is 24.1 Å². The number of esters is 1. The molecule has 0 aromatic heterocycles. The van der Waals surface area contributed by atoms with Crippen LogP contribution in [0.1, 0.15) is 34.8 Å². The first kappa shape index (κ1) is 23.2. The fourth-order valence-corrected chi connectivity index (χ4v) is 4.13. The van der Waals surface area contributed by atoms with Crippen LogP contribution in [-0.2, 0) is 25.7 Å². The number of aldehydes is 1. The van der Waals surface area contributed by atoms with Crippen molar-refractivity contribution in [2.45, 2.75) is 32.9 Å². The quantitative estimate of drug-likeness (QED) is 0.356. The Labute approximate surface area is 187 Å². The highest BCUT2D eigenvalue weighted by molar-refractivity contribution is 6.00. The van der Waals surface area contributed by atoms with Crippen LogP contribution in [0.2, 0.25) is 0 Å². The zero-order chi connectivity index (χ0) is 23.1. The molecule has 3 atom stereocenters. The smallest absolute Gasteiger partial charge is 0.410 e. The number of nitrogens with zero attached hydrogens (tertiary/aromatic N) is 1. The predicted molar refractivity (Wildman–Crippen MR) is 117 cm³/mol. The number of rotatable bonds is 8. The van der Waals surface area contributed by atoms with E-state index in [2.05, 4.69) is 0 Å². The minimum absolute atomic E-state index is 0.0254. The number of ether oxygens (including phenoxy) is 2. The van der Waals surface area contributed by atoms with E-state index in [1.807, 2.05) is 43.3 Å². The largest absolute Gasteiger partial charge is 0.464 e. The maximum absolute atomic E-state index is 13.3. The highest BCUT2D eigenvalue weighted by Crippen LogP contribution is 2.36. The second kappa shape index (κ2) is 10.7. The molecule has 1 aliphatic rings. The predicted octanol–water partition coefficient (Wildman–Crippen LogP) is 3.58. The number of likely N-dealkylation sites (tertiary alicyclic amines) is 1. The molecule has 1 fully saturated rings. The van der Waals surface area contributed by atoms with Crippen molar-refractivity contribution in [3.63, 3.8) is 0 Å². The van der Waals surface area contributed by atoms with Gasteiger partial charge >= 0.3 is 12.1 Å². The van der Waals surface area contributed by atoms with E-state index in [1.54, 1.807) is 25.1 Å². The average molecular weight is 437 g/mol. The molecule has 3 rings (SSSR count). The van der Waals surface area contributed by atoms with Crippen molar-refractivity contribution in [1.29, 1.82) is 0 Å². The molecule has 1 saturated heterocycles. The molecular weight excluding hydrogens is 410 g/mol. The number of Topliss-reactive ketones (excluding diaryl/α,β-unsaturated/α-hetero) is 1. The fraction of sp³-hybridized carbons (Fsp3) is 0.360. The van der Waals surface area contributed by atoms with Gasteiger partial charge in [0.1, 0.15) is 18.9 Å². The zero-order valence-corrected chi connectivity index (χ0v) is 18.2. The van der Waals surface area contributed by atoms with Crippen LogP contribution in [0.4, 0.5) is 4.79 Å². The molecule has 0 N–H and O–H groups in total. The van der Waals surface area contributed by atoms with Crippen molar-refractivity contribution in [1.82, 2.24) is 4.90 Å². The molecule has 2 aromatic rings. The lowest BCUT2D eigenvalue weighted by Gasteiger charge is -2.25. The van der Waals surface area contributed by atoms with E-state index in [-0.39, 0.29) is 32.0 Å². The van der Waals surface area contributed by atoms with Crippen LogP contribution in [0.3, 0.4) is 0 Å². The first-order chi connectivity index (χ1) is 15.5. The third-order valence-electron chi connectivity index (χ3n) is 5.63. The van der Waals surface area contributed by atoms with Gasteiger partial charge in [-0.25, -0.2) is 9.59 Å². The Balaban J connectivity index is 1.88. The lowest BCUT2D eigenvalue weighted by atomic mass is 9.83. The van der Waals surface area contributed by atoms with E-state index in [0.29, 0.717) is 11.8 Å². The maximum Gasteiger partial charge on any atom is 0.410 e. The van der Waals surface area contributed by atoms with Gasteiger partial charge in [0.15, 0.2) is 5.78 Å². The summed E-state index contributed by atoms with van der Waals surface area (Å²) in [6.45, 7) is 3.66. The number of hydrogen-bond acceptors (Lipinski definition) is 6. The molecule has 0 aliphatic carbocycles. The van der Waals surface area contributed by atoms with E-state index in [1.165, 1.54) is 4.90 Å². The van der Waals surface area contributed by atoms with Crippen molar-refractivity contribution in [3.05, 3.63) is 71.3 Å². The van der Waals surface area contributed by atoms with Gasteiger partial charge in [-0.15, -0.1) is 0 Å². The molecular formula is C25H27NO6. The van der Waals surface area contributed by atoms with Crippen LogP contribution in [0.15, 0.2) is 54.6 Å².